The molecule has 0 fully saturated rings. The molecule has 1 aromatic heterocycles. The fourth-order valence-electron chi connectivity index (χ4n) is 1.02. The number of hydrogen-bond donors (Lipinski definition) is 1. The summed E-state index contributed by atoms with van der Waals surface area (Å²) < 4.78 is 4.78. The van der Waals surface area contributed by atoms with Crippen molar-refractivity contribution in [1.82, 2.24) is 5.32 Å². The Labute approximate surface area is 106 Å². The molecule has 0 aliphatic heterocycles. The van der Waals surface area contributed by atoms with E-state index in [0.29, 0.717) is 18.0 Å². The molecule has 17 heavy (non-hydrogen) atoms. The lowest BCUT2D eigenvalue weighted by molar-refractivity contribution is -0.382. The highest BCUT2D eigenvalue weighted by atomic mass is 32.2. The maximum Gasteiger partial charge on any atom is 0.337 e. The zero-order chi connectivity index (χ0) is 12.7. The van der Waals surface area contributed by atoms with E-state index in [1.807, 2.05) is 0 Å². The molecule has 1 rings (SSSR count). The number of thiophene rings is 1. The number of nitro groups is 1. The van der Waals surface area contributed by atoms with Crippen LogP contribution in [0.15, 0.2) is 16.3 Å². The van der Waals surface area contributed by atoms with E-state index in [-0.39, 0.29) is 16.7 Å². The van der Waals surface area contributed by atoms with Gasteiger partial charge in [0.1, 0.15) is 0 Å². The van der Waals surface area contributed by atoms with E-state index in [0.717, 1.165) is 23.1 Å². The third kappa shape index (κ3) is 4.72. The van der Waals surface area contributed by atoms with Crippen LogP contribution >= 0.6 is 23.1 Å². The Morgan fingerprint density at radius 2 is 2.47 bits per heavy atom. The summed E-state index contributed by atoms with van der Waals surface area (Å²) in [4.78, 5) is 22.1. The molecular formula is C9H12N2O4S2. The Kier molecular flexibility index (Phi) is 5.95. The lowest BCUT2D eigenvalue weighted by Gasteiger charge is -2.03. The highest BCUT2D eigenvalue weighted by molar-refractivity contribution is 8.00. The summed E-state index contributed by atoms with van der Waals surface area (Å²) in [5.41, 5.74) is 0. The van der Waals surface area contributed by atoms with Crippen LogP contribution in [-0.4, -0.2) is 36.8 Å². The lowest BCUT2D eigenvalue weighted by Crippen LogP contribution is -2.28. The quantitative estimate of drug-likeness (QED) is 0.353. The first-order valence-electron chi connectivity index (χ1n) is 4.75. The van der Waals surface area contributed by atoms with Gasteiger partial charge in [-0.3, -0.25) is 14.9 Å². The number of nitrogens with zero attached hydrogens (tertiary/aromatic N) is 1. The third-order valence-electron chi connectivity index (χ3n) is 1.76. The normalized spacial score (nSPS) is 10.2. The summed E-state index contributed by atoms with van der Waals surface area (Å²) in [5, 5.41) is 15.0. The second-order valence-corrected chi connectivity index (χ2v) is 4.89. The minimum absolute atomic E-state index is 0.0830. The second-order valence-electron chi connectivity index (χ2n) is 2.98. The number of ether oxygens (including phenoxy) is 1. The zero-order valence-corrected chi connectivity index (χ0v) is 10.8. The first-order valence-corrected chi connectivity index (χ1v) is 6.62. The van der Waals surface area contributed by atoms with Crippen molar-refractivity contribution in [3.63, 3.8) is 0 Å². The fraction of sp³-hybridized carbons (Fsp3) is 0.444. The van der Waals surface area contributed by atoms with E-state index < -0.39 is 4.92 Å². The predicted octanol–water partition coefficient (Wildman–Crippen LogP) is 1.51. The summed E-state index contributed by atoms with van der Waals surface area (Å²) in [7, 11) is 1.55. The van der Waals surface area contributed by atoms with Crippen LogP contribution in [0.5, 0.6) is 0 Å². The van der Waals surface area contributed by atoms with Crippen molar-refractivity contribution in [1.29, 1.82) is 0 Å². The van der Waals surface area contributed by atoms with E-state index in [4.69, 9.17) is 4.74 Å². The van der Waals surface area contributed by atoms with Gasteiger partial charge < -0.3 is 10.1 Å². The number of thioether (sulfide) groups is 1. The molecule has 0 saturated heterocycles. The first kappa shape index (κ1) is 13.9. The summed E-state index contributed by atoms with van der Waals surface area (Å²) in [6.07, 6.45) is 0. The summed E-state index contributed by atoms with van der Waals surface area (Å²) >= 11 is 2.22. The van der Waals surface area contributed by atoms with Crippen molar-refractivity contribution in [2.75, 3.05) is 26.0 Å². The number of nitrogens with one attached hydrogen (secondary N) is 1. The second kappa shape index (κ2) is 7.25. The van der Waals surface area contributed by atoms with Crippen LogP contribution in [0.25, 0.3) is 0 Å². The summed E-state index contributed by atoms with van der Waals surface area (Å²) in [5.74, 6) is 0.00827. The number of hydrogen-bond acceptors (Lipinski definition) is 6. The number of carbonyl (C=O) groups excluding carboxylic acids is 1. The third-order valence-corrected chi connectivity index (χ3v) is 3.80. The number of rotatable bonds is 7. The molecular weight excluding hydrogens is 264 g/mol. The largest absolute Gasteiger partial charge is 0.383 e. The van der Waals surface area contributed by atoms with Crippen LogP contribution in [0.1, 0.15) is 0 Å². The summed E-state index contributed by atoms with van der Waals surface area (Å²) in [6, 6.07) is 1.65. The van der Waals surface area contributed by atoms with Crippen molar-refractivity contribution < 1.29 is 14.5 Å². The molecule has 1 N–H and O–H groups in total. The van der Waals surface area contributed by atoms with E-state index in [2.05, 4.69) is 5.32 Å². The number of carbonyl (C=O) groups is 1. The average Bonchev–Trinajstić information content (AvgIpc) is 2.75. The van der Waals surface area contributed by atoms with Gasteiger partial charge in [0.2, 0.25) is 5.91 Å². The lowest BCUT2D eigenvalue weighted by atomic mass is 10.6. The number of amides is 1. The molecule has 8 heteroatoms. The maximum absolute atomic E-state index is 11.3. The Hall–Kier alpha value is -1.12. The molecule has 94 valence electrons. The Balaban J connectivity index is 2.37. The zero-order valence-electron chi connectivity index (χ0n) is 9.17. The first-order chi connectivity index (χ1) is 8.15. The molecule has 0 radical (unpaired) electrons. The molecule has 0 atom stereocenters. The van der Waals surface area contributed by atoms with Gasteiger partial charge in [-0.15, -0.1) is 11.8 Å². The standard InChI is InChI=1S/C9H12N2O4S2/c1-15-4-3-10-8(12)6-17-7-2-5-16-9(7)11(13)14/h2,5H,3-4,6H2,1H3,(H,10,12). The van der Waals surface area contributed by atoms with Crippen molar-refractivity contribution in [2.45, 2.75) is 4.90 Å². The molecule has 0 aromatic carbocycles. The maximum atomic E-state index is 11.3. The SMILES string of the molecule is COCCNC(=O)CSc1ccsc1[N+](=O)[O-]. The summed E-state index contributed by atoms with van der Waals surface area (Å²) in [6.45, 7) is 0.899. The molecule has 1 amide bonds. The van der Waals surface area contributed by atoms with E-state index >= 15 is 0 Å². The van der Waals surface area contributed by atoms with E-state index in [1.54, 1.807) is 18.6 Å². The van der Waals surface area contributed by atoms with Crippen LogP contribution in [0.2, 0.25) is 0 Å². The van der Waals surface area contributed by atoms with Crippen LogP contribution in [0.3, 0.4) is 0 Å². The molecule has 6 nitrogen and oxygen atoms in total. The van der Waals surface area contributed by atoms with Crippen molar-refractivity contribution in [3.8, 4) is 0 Å². The van der Waals surface area contributed by atoms with Crippen molar-refractivity contribution >= 4 is 34.0 Å². The van der Waals surface area contributed by atoms with Gasteiger partial charge in [-0.05, 0) is 11.4 Å². The fourth-order valence-corrected chi connectivity index (χ4v) is 2.78. The smallest absolute Gasteiger partial charge is 0.337 e. The van der Waals surface area contributed by atoms with Gasteiger partial charge in [-0.25, -0.2) is 0 Å². The Morgan fingerprint density at radius 1 is 1.71 bits per heavy atom. The molecule has 0 saturated carbocycles. The monoisotopic (exact) mass is 276 g/mol. The van der Waals surface area contributed by atoms with Crippen molar-refractivity contribution in [3.05, 3.63) is 21.6 Å². The van der Waals surface area contributed by atoms with Gasteiger partial charge in [0.15, 0.2) is 0 Å². The molecule has 1 heterocycles. The van der Waals surface area contributed by atoms with E-state index in [1.165, 1.54) is 0 Å². The molecule has 0 aliphatic rings. The highest BCUT2D eigenvalue weighted by Gasteiger charge is 2.16. The van der Waals surface area contributed by atoms with Gasteiger partial charge in [-0.1, -0.05) is 11.3 Å². The van der Waals surface area contributed by atoms with Gasteiger partial charge >= 0.3 is 5.00 Å². The van der Waals surface area contributed by atoms with Crippen LogP contribution < -0.4 is 5.32 Å². The molecule has 0 bridgehead atoms. The Bertz CT molecular complexity index is 394. The molecule has 0 unspecified atom stereocenters. The van der Waals surface area contributed by atoms with Crippen molar-refractivity contribution in [2.24, 2.45) is 0 Å². The highest BCUT2D eigenvalue weighted by Crippen LogP contribution is 2.33. The van der Waals surface area contributed by atoms with Crippen LogP contribution in [0, 0.1) is 10.1 Å². The predicted molar refractivity (Wildman–Crippen MR) is 66.6 cm³/mol. The van der Waals surface area contributed by atoms with E-state index in [9.17, 15) is 14.9 Å². The minimum Gasteiger partial charge on any atom is -0.383 e. The van der Waals surface area contributed by atoms with Gasteiger partial charge in [-0.2, -0.15) is 0 Å². The minimum atomic E-state index is -0.435. The van der Waals surface area contributed by atoms with Gasteiger partial charge in [0, 0.05) is 13.7 Å². The molecule has 1 aromatic rings. The van der Waals surface area contributed by atoms with Gasteiger partial charge in [0.25, 0.3) is 0 Å². The molecule has 0 spiro atoms. The Morgan fingerprint density at radius 3 is 3.12 bits per heavy atom. The van der Waals surface area contributed by atoms with Crippen LogP contribution in [0.4, 0.5) is 5.00 Å². The number of methoxy groups -OCH3 is 1. The van der Waals surface area contributed by atoms with Crippen LogP contribution in [-0.2, 0) is 9.53 Å². The molecule has 0 aliphatic carbocycles. The topological polar surface area (TPSA) is 81.5 Å². The van der Waals surface area contributed by atoms with Gasteiger partial charge in [0.05, 0.1) is 22.2 Å². The average molecular weight is 276 g/mol.